The zero-order valence-electron chi connectivity index (χ0n) is 8.35. The van der Waals surface area contributed by atoms with Crippen LogP contribution in [0.15, 0.2) is 17.0 Å². The van der Waals surface area contributed by atoms with Gasteiger partial charge in [-0.2, -0.15) is 0 Å². The van der Waals surface area contributed by atoms with Gasteiger partial charge in [-0.3, -0.25) is 0 Å². The summed E-state index contributed by atoms with van der Waals surface area (Å²) in [5, 5.41) is 4.19. The third-order valence-corrected chi connectivity index (χ3v) is 3.78. The molecule has 0 saturated carbocycles. The molecule has 1 nitrogen and oxygen atoms in total. The molecule has 1 aliphatic heterocycles. The molecule has 1 aromatic carbocycles. The Kier molecular flexibility index (Phi) is 2.24. The maximum absolute atomic E-state index is 3.50. The van der Waals surface area contributed by atoms with Crippen LogP contribution >= 0.6 is 11.8 Å². The molecular formula is C11H15NS. The second kappa shape index (κ2) is 3.26. The quantitative estimate of drug-likeness (QED) is 0.679. The van der Waals surface area contributed by atoms with Gasteiger partial charge in [-0.05, 0) is 25.0 Å². The van der Waals surface area contributed by atoms with Crippen molar-refractivity contribution in [3.63, 3.8) is 0 Å². The molecule has 0 radical (unpaired) electrons. The molecule has 2 heteroatoms. The van der Waals surface area contributed by atoms with Crippen molar-refractivity contribution in [3.8, 4) is 0 Å². The zero-order valence-corrected chi connectivity index (χ0v) is 9.16. The van der Waals surface area contributed by atoms with Crippen LogP contribution in [0.4, 0.5) is 5.69 Å². The Morgan fingerprint density at radius 1 is 1.31 bits per heavy atom. The topological polar surface area (TPSA) is 12.0 Å². The average molecular weight is 193 g/mol. The maximum atomic E-state index is 3.50. The van der Waals surface area contributed by atoms with E-state index in [-0.39, 0.29) is 0 Å². The molecule has 0 fully saturated rings. The van der Waals surface area contributed by atoms with Gasteiger partial charge < -0.3 is 5.32 Å². The summed E-state index contributed by atoms with van der Waals surface area (Å²) < 4.78 is 0. The first-order valence-corrected chi connectivity index (χ1v) is 5.57. The fourth-order valence-electron chi connectivity index (χ4n) is 1.65. The summed E-state index contributed by atoms with van der Waals surface area (Å²) in [5.74, 6) is 0. The van der Waals surface area contributed by atoms with Gasteiger partial charge in [-0.1, -0.05) is 19.1 Å². The van der Waals surface area contributed by atoms with Crippen molar-refractivity contribution in [1.29, 1.82) is 0 Å². The number of nitrogens with one attached hydrogen (secondary N) is 1. The van der Waals surface area contributed by atoms with Crippen molar-refractivity contribution in [3.05, 3.63) is 23.3 Å². The van der Waals surface area contributed by atoms with Gasteiger partial charge in [0.1, 0.15) is 0 Å². The number of thioether (sulfide) groups is 1. The van der Waals surface area contributed by atoms with Crippen LogP contribution in [0.1, 0.15) is 18.1 Å². The molecule has 1 N–H and O–H groups in total. The Morgan fingerprint density at radius 2 is 2.00 bits per heavy atom. The average Bonchev–Trinajstić information content (AvgIpc) is 2.12. The summed E-state index contributed by atoms with van der Waals surface area (Å²) in [7, 11) is 0. The van der Waals surface area contributed by atoms with E-state index in [4.69, 9.17) is 0 Å². The molecule has 1 unspecified atom stereocenters. The normalized spacial score (nSPS) is 20.7. The van der Waals surface area contributed by atoms with E-state index in [2.05, 4.69) is 38.2 Å². The number of anilines is 1. The van der Waals surface area contributed by atoms with E-state index >= 15 is 0 Å². The molecule has 0 saturated heterocycles. The molecule has 0 bridgehead atoms. The second-order valence-corrected chi connectivity index (χ2v) is 5.16. The van der Waals surface area contributed by atoms with Gasteiger partial charge in [0.2, 0.25) is 0 Å². The smallest absolute Gasteiger partial charge is 0.0511 e. The van der Waals surface area contributed by atoms with E-state index in [0.29, 0.717) is 5.25 Å². The predicted octanol–water partition coefficient (Wildman–Crippen LogP) is 3.21. The molecule has 0 aromatic heterocycles. The Morgan fingerprint density at radius 3 is 2.77 bits per heavy atom. The number of aryl methyl sites for hydroxylation is 2. The van der Waals surface area contributed by atoms with E-state index in [1.165, 1.54) is 21.7 Å². The van der Waals surface area contributed by atoms with Crippen molar-refractivity contribution < 1.29 is 0 Å². The van der Waals surface area contributed by atoms with Crippen molar-refractivity contribution in [2.45, 2.75) is 30.9 Å². The van der Waals surface area contributed by atoms with E-state index < -0.39 is 0 Å². The van der Waals surface area contributed by atoms with E-state index in [1.54, 1.807) is 0 Å². The second-order valence-electron chi connectivity index (χ2n) is 3.71. The van der Waals surface area contributed by atoms with Crippen LogP contribution in [-0.4, -0.2) is 11.8 Å². The largest absolute Gasteiger partial charge is 0.383 e. The monoisotopic (exact) mass is 193 g/mol. The molecular weight excluding hydrogens is 178 g/mol. The Labute approximate surface area is 83.9 Å². The molecule has 1 aromatic rings. The highest BCUT2D eigenvalue weighted by atomic mass is 32.2. The number of hydrogen-bond acceptors (Lipinski definition) is 2. The van der Waals surface area contributed by atoms with Gasteiger partial charge >= 0.3 is 0 Å². The Hall–Kier alpha value is -0.630. The first-order chi connectivity index (χ1) is 6.18. The molecule has 0 spiro atoms. The van der Waals surface area contributed by atoms with Crippen molar-refractivity contribution in [2.75, 3.05) is 11.9 Å². The van der Waals surface area contributed by atoms with Gasteiger partial charge in [0, 0.05) is 16.7 Å². The highest BCUT2D eigenvalue weighted by Crippen LogP contribution is 2.39. The molecule has 13 heavy (non-hydrogen) atoms. The third kappa shape index (κ3) is 1.55. The van der Waals surface area contributed by atoms with Crippen LogP contribution in [0.2, 0.25) is 0 Å². The fraction of sp³-hybridized carbons (Fsp3) is 0.455. The van der Waals surface area contributed by atoms with Crippen LogP contribution in [0.3, 0.4) is 0 Å². The summed E-state index contributed by atoms with van der Waals surface area (Å²) >= 11 is 1.99. The lowest BCUT2D eigenvalue weighted by molar-refractivity contribution is 0.964. The highest BCUT2D eigenvalue weighted by molar-refractivity contribution is 8.00. The van der Waals surface area contributed by atoms with Crippen LogP contribution < -0.4 is 5.32 Å². The van der Waals surface area contributed by atoms with Gasteiger partial charge in [-0.15, -0.1) is 11.8 Å². The van der Waals surface area contributed by atoms with Crippen LogP contribution in [0.5, 0.6) is 0 Å². The maximum Gasteiger partial charge on any atom is 0.0511 e. The van der Waals surface area contributed by atoms with Crippen LogP contribution in [-0.2, 0) is 0 Å². The minimum absolute atomic E-state index is 0.688. The van der Waals surface area contributed by atoms with E-state index in [0.717, 1.165) is 6.54 Å². The third-order valence-electron chi connectivity index (χ3n) is 2.45. The summed E-state index contributed by atoms with van der Waals surface area (Å²) in [4.78, 5) is 1.44. The minimum Gasteiger partial charge on any atom is -0.383 e. The number of rotatable bonds is 0. The highest BCUT2D eigenvalue weighted by Gasteiger charge is 2.17. The van der Waals surface area contributed by atoms with Gasteiger partial charge in [0.15, 0.2) is 0 Å². The lowest BCUT2D eigenvalue weighted by Gasteiger charge is -2.25. The van der Waals surface area contributed by atoms with Gasteiger partial charge in [-0.25, -0.2) is 0 Å². The molecule has 1 heterocycles. The lowest BCUT2D eigenvalue weighted by atomic mass is 10.1. The number of benzene rings is 1. The summed E-state index contributed by atoms with van der Waals surface area (Å²) in [5.41, 5.74) is 4.10. The molecule has 1 atom stereocenters. The minimum atomic E-state index is 0.688. The van der Waals surface area contributed by atoms with Crippen molar-refractivity contribution in [2.24, 2.45) is 0 Å². The molecule has 2 rings (SSSR count). The van der Waals surface area contributed by atoms with Gasteiger partial charge in [0.25, 0.3) is 0 Å². The Balaban J connectivity index is 2.51. The Bertz CT molecular complexity index is 333. The summed E-state index contributed by atoms with van der Waals surface area (Å²) in [6.45, 7) is 7.71. The number of fused-ring (bicyclic) bond motifs is 1. The van der Waals surface area contributed by atoms with E-state index in [9.17, 15) is 0 Å². The first kappa shape index (κ1) is 8.95. The lowest BCUT2D eigenvalue weighted by Crippen LogP contribution is -2.19. The molecule has 0 aliphatic carbocycles. The van der Waals surface area contributed by atoms with Crippen molar-refractivity contribution >= 4 is 17.4 Å². The molecule has 70 valence electrons. The predicted molar refractivity (Wildman–Crippen MR) is 59.7 cm³/mol. The SMILES string of the molecule is Cc1ccc(C)c2c1NCC(C)S2. The van der Waals surface area contributed by atoms with Crippen molar-refractivity contribution in [1.82, 2.24) is 0 Å². The zero-order chi connectivity index (χ0) is 9.42. The fourth-order valence-corrected chi connectivity index (χ4v) is 2.82. The first-order valence-electron chi connectivity index (χ1n) is 4.69. The standard InChI is InChI=1S/C11H15NS/c1-7-4-5-8(2)11-10(7)12-6-9(3)13-11/h4-5,9,12H,6H2,1-3H3. The molecule has 1 aliphatic rings. The number of hydrogen-bond donors (Lipinski definition) is 1. The summed E-state index contributed by atoms with van der Waals surface area (Å²) in [6, 6.07) is 4.40. The van der Waals surface area contributed by atoms with Crippen LogP contribution in [0.25, 0.3) is 0 Å². The van der Waals surface area contributed by atoms with E-state index in [1.807, 2.05) is 11.8 Å². The van der Waals surface area contributed by atoms with Crippen LogP contribution in [0, 0.1) is 13.8 Å². The van der Waals surface area contributed by atoms with Gasteiger partial charge in [0.05, 0.1) is 5.69 Å². The molecule has 0 amide bonds. The summed E-state index contributed by atoms with van der Waals surface area (Å²) in [6.07, 6.45) is 0.